The Balaban J connectivity index is 1.67. The maximum absolute atomic E-state index is 11.6. The fraction of sp³-hybridized carbons (Fsp3) is 0.562. The number of carbonyl (C=O) groups excluding carboxylic acids is 1. The molecule has 104 valence electrons. The van der Waals surface area contributed by atoms with E-state index in [4.69, 9.17) is 4.74 Å². The van der Waals surface area contributed by atoms with Crippen LogP contribution in [0.25, 0.3) is 0 Å². The molecule has 0 heterocycles. The van der Waals surface area contributed by atoms with Crippen LogP contribution in [0.1, 0.15) is 39.2 Å². The highest BCUT2D eigenvalue weighted by molar-refractivity contribution is 5.67. The summed E-state index contributed by atoms with van der Waals surface area (Å²) in [6, 6.07) is 10.0. The lowest BCUT2D eigenvalue weighted by atomic mass is 9.66. The van der Waals surface area contributed by atoms with Gasteiger partial charge in [-0.05, 0) is 29.7 Å². The quantitative estimate of drug-likeness (QED) is 0.900. The van der Waals surface area contributed by atoms with Crippen molar-refractivity contribution in [1.82, 2.24) is 5.32 Å². The first kappa shape index (κ1) is 13.9. The Kier molecular flexibility index (Phi) is 4.13. The van der Waals surface area contributed by atoms with Crippen LogP contribution in [0, 0.1) is 11.3 Å². The van der Waals surface area contributed by atoms with Gasteiger partial charge < -0.3 is 10.1 Å². The lowest BCUT2D eigenvalue weighted by Crippen LogP contribution is -2.48. The van der Waals surface area contributed by atoms with Gasteiger partial charge in [-0.2, -0.15) is 0 Å². The molecule has 1 N–H and O–H groups in total. The Morgan fingerprint density at radius 1 is 1.26 bits per heavy atom. The molecular weight excluding hydrogens is 238 g/mol. The van der Waals surface area contributed by atoms with Gasteiger partial charge in [-0.3, -0.25) is 0 Å². The fourth-order valence-electron chi connectivity index (χ4n) is 2.37. The lowest BCUT2D eigenvalue weighted by Gasteiger charge is -2.43. The number of rotatable bonds is 3. The van der Waals surface area contributed by atoms with E-state index in [1.54, 1.807) is 0 Å². The molecule has 1 amide bonds. The van der Waals surface area contributed by atoms with Crippen molar-refractivity contribution in [1.29, 1.82) is 0 Å². The van der Waals surface area contributed by atoms with Gasteiger partial charge in [0.15, 0.2) is 0 Å². The first-order chi connectivity index (χ1) is 8.95. The van der Waals surface area contributed by atoms with E-state index in [-0.39, 0.29) is 12.1 Å². The van der Waals surface area contributed by atoms with Crippen molar-refractivity contribution in [2.75, 3.05) is 0 Å². The molecule has 1 fully saturated rings. The second-order valence-electron chi connectivity index (χ2n) is 6.44. The third-order valence-electron chi connectivity index (χ3n) is 3.90. The van der Waals surface area contributed by atoms with E-state index in [1.807, 2.05) is 30.3 Å². The van der Waals surface area contributed by atoms with Crippen molar-refractivity contribution in [2.24, 2.45) is 11.3 Å². The van der Waals surface area contributed by atoms with Gasteiger partial charge in [0.05, 0.1) is 0 Å². The number of hydrogen-bond donors (Lipinski definition) is 1. The minimum absolute atomic E-state index is 0.285. The zero-order chi connectivity index (χ0) is 13.9. The van der Waals surface area contributed by atoms with Crippen molar-refractivity contribution >= 4 is 6.09 Å². The predicted octanol–water partition coefficient (Wildman–Crippen LogP) is 3.74. The van der Waals surface area contributed by atoms with E-state index >= 15 is 0 Å². The van der Waals surface area contributed by atoms with Gasteiger partial charge in [0.1, 0.15) is 6.61 Å². The molecule has 1 aliphatic carbocycles. The van der Waals surface area contributed by atoms with Crippen molar-refractivity contribution in [3.05, 3.63) is 35.9 Å². The van der Waals surface area contributed by atoms with Crippen molar-refractivity contribution < 1.29 is 9.53 Å². The Morgan fingerprint density at radius 2 is 1.89 bits per heavy atom. The van der Waals surface area contributed by atoms with Crippen LogP contribution in [0.2, 0.25) is 0 Å². The molecule has 0 radical (unpaired) electrons. The zero-order valence-electron chi connectivity index (χ0n) is 12.0. The van der Waals surface area contributed by atoms with Gasteiger partial charge >= 0.3 is 6.09 Å². The summed E-state index contributed by atoms with van der Waals surface area (Å²) in [6.07, 6.45) is 1.81. The lowest BCUT2D eigenvalue weighted by molar-refractivity contribution is 0.0831. The number of benzene rings is 1. The molecular formula is C16H23NO2. The summed E-state index contributed by atoms with van der Waals surface area (Å²) in [4.78, 5) is 11.6. The van der Waals surface area contributed by atoms with E-state index < -0.39 is 0 Å². The van der Waals surface area contributed by atoms with Gasteiger partial charge in [-0.15, -0.1) is 0 Å². The van der Waals surface area contributed by atoms with Crippen molar-refractivity contribution in [2.45, 2.75) is 46.3 Å². The average molecular weight is 261 g/mol. The topological polar surface area (TPSA) is 38.3 Å². The van der Waals surface area contributed by atoms with Gasteiger partial charge in [0, 0.05) is 6.04 Å². The van der Waals surface area contributed by atoms with Crippen molar-refractivity contribution in [3.63, 3.8) is 0 Å². The number of hydrogen-bond acceptors (Lipinski definition) is 2. The Bertz CT molecular complexity index is 416. The number of carbonyl (C=O) groups is 1. The van der Waals surface area contributed by atoms with E-state index in [0.29, 0.717) is 17.9 Å². The highest BCUT2D eigenvalue weighted by Crippen LogP contribution is 2.41. The van der Waals surface area contributed by atoms with Crippen LogP contribution in [0.5, 0.6) is 0 Å². The molecule has 0 spiro atoms. The Hall–Kier alpha value is -1.51. The van der Waals surface area contributed by atoms with E-state index in [1.165, 1.54) is 0 Å². The minimum atomic E-state index is -0.304. The number of nitrogens with one attached hydrogen (secondary N) is 1. The molecule has 0 atom stereocenters. The van der Waals surface area contributed by atoms with Crippen LogP contribution in [0.3, 0.4) is 0 Å². The molecule has 0 unspecified atom stereocenters. The molecule has 0 aliphatic heterocycles. The van der Waals surface area contributed by atoms with Crippen LogP contribution in [-0.4, -0.2) is 12.1 Å². The molecule has 19 heavy (non-hydrogen) atoms. The van der Waals surface area contributed by atoms with Gasteiger partial charge in [-0.25, -0.2) is 4.79 Å². The molecule has 3 heteroatoms. The summed E-state index contributed by atoms with van der Waals surface area (Å²) < 4.78 is 5.21. The fourth-order valence-corrected chi connectivity index (χ4v) is 2.37. The van der Waals surface area contributed by atoms with Crippen LogP contribution >= 0.6 is 0 Å². The number of amides is 1. The summed E-state index contributed by atoms with van der Waals surface area (Å²) in [7, 11) is 0. The van der Waals surface area contributed by atoms with Crippen LogP contribution in [0.4, 0.5) is 4.79 Å². The van der Waals surface area contributed by atoms with E-state index in [9.17, 15) is 4.79 Å². The Labute approximate surface area is 115 Å². The maximum Gasteiger partial charge on any atom is 0.407 e. The predicted molar refractivity (Wildman–Crippen MR) is 75.7 cm³/mol. The van der Waals surface area contributed by atoms with Crippen molar-refractivity contribution in [3.8, 4) is 0 Å². The third-order valence-corrected chi connectivity index (χ3v) is 3.90. The first-order valence-electron chi connectivity index (χ1n) is 6.92. The molecule has 1 saturated carbocycles. The second kappa shape index (κ2) is 5.64. The molecule has 0 bridgehead atoms. The normalized spacial score (nSPS) is 22.5. The second-order valence-corrected chi connectivity index (χ2v) is 6.44. The average Bonchev–Trinajstić information content (AvgIpc) is 2.30. The molecule has 0 saturated heterocycles. The van der Waals surface area contributed by atoms with Crippen LogP contribution in [0.15, 0.2) is 30.3 Å². The zero-order valence-corrected chi connectivity index (χ0v) is 12.0. The highest BCUT2D eigenvalue weighted by atomic mass is 16.5. The largest absolute Gasteiger partial charge is 0.445 e. The molecule has 1 aromatic carbocycles. The van der Waals surface area contributed by atoms with E-state index in [0.717, 1.165) is 18.4 Å². The summed E-state index contributed by atoms with van der Waals surface area (Å²) in [5, 5.41) is 2.93. The van der Waals surface area contributed by atoms with E-state index in [2.05, 4.69) is 26.1 Å². The SMILES string of the molecule is CC(C)(C)C1CC(NC(=O)OCc2ccccc2)C1. The first-order valence-corrected chi connectivity index (χ1v) is 6.92. The molecule has 1 aliphatic rings. The Morgan fingerprint density at radius 3 is 2.47 bits per heavy atom. The summed E-state index contributed by atoms with van der Waals surface area (Å²) in [6.45, 7) is 7.09. The molecule has 1 aromatic rings. The van der Waals surface area contributed by atoms with Gasteiger partial charge in [-0.1, -0.05) is 51.1 Å². The van der Waals surface area contributed by atoms with Gasteiger partial charge in [0.25, 0.3) is 0 Å². The standard InChI is InChI=1S/C16H23NO2/c1-16(2,3)13-9-14(10-13)17-15(18)19-11-12-7-5-4-6-8-12/h4-8,13-14H,9-11H2,1-3H3,(H,17,18). The highest BCUT2D eigenvalue weighted by Gasteiger charge is 2.37. The van der Waals surface area contributed by atoms with Gasteiger partial charge in [0.2, 0.25) is 0 Å². The smallest absolute Gasteiger partial charge is 0.407 e. The molecule has 2 rings (SSSR count). The number of alkyl carbamates (subject to hydrolysis) is 1. The molecule has 0 aromatic heterocycles. The van der Waals surface area contributed by atoms with Crippen LogP contribution in [-0.2, 0) is 11.3 Å². The summed E-state index contributed by atoms with van der Waals surface area (Å²) in [5.74, 6) is 0.701. The number of ether oxygens (including phenoxy) is 1. The summed E-state index contributed by atoms with van der Waals surface area (Å²) in [5.41, 5.74) is 1.35. The van der Waals surface area contributed by atoms with Crippen LogP contribution < -0.4 is 5.32 Å². The molecule has 3 nitrogen and oxygen atoms in total. The third kappa shape index (κ3) is 3.98. The summed E-state index contributed by atoms with van der Waals surface area (Å²) >= 11 is 0. The minimum Gasteiger partial charge on any atom is -0.445 e. The monoisotopic (exact) mass is 261 g/mol. The maximum atomic E-state index is 11.6.